The maximum Gasteiger partial charge on any atom is 0.338 e. The van der Waals surface area contributed by atoms with Crippen LogP contribution in [0.4, 0.5) is 10.1 Å². The van der Waals surface area contributed by atoms with Gasteiger partial charge in [-0.2, -0.15) is 0 Å². The summed E-state index contributed by atoms with van der Waals surface area (Å²) in [7, 11) is 0. The highest BCUT2D eigenvalue weighted by molar-refractivity contribution is 6.00. The summed E-state index contributed by atoms with van der Waals surface area (Å²) in [5.41, 5.74) is 6.30. The molecule has 1 aromatic carbocycles. The lowest BCUT2D eigenvalue weighted by atomic mass is 10.1. The van der Waals surface area contributed by atoms with E-state index < -0.39 is 17.3 Å². The van der Waals surface area contributed by atoms with Crippen molar-refractivity contribution in [2.75, 3.05) is 5.73 Å². The summed E-state index contributed by atoms with van der Waals surface area (Å²) >= 11 is 0. The summed E-state index contributed by atoms with van der Waals surface area (Å²) in [5.74, 6) is -2.21. The third kappa shape index (κ3) is 1.32. The van der Waals surface area contributed by atoms with Crippen LogP contribution in [0.25, 0.3) is 10.9 Å². The first kappa shape index (κ1) is 9.51. The summed E-state index contributed by atoms with van der Waals surface area (Å²) in [4.78, 5) is 13.6. The molecule has 0 radical (unpaired) electrons. The van der Waals surface area contributed by atoms with Gasteiger partial charge < -0.3 is 15.8 Å². The number of nitrogens with one attached hydrogen (secondary N) is 1. The van der Waals surface area contributed by atoms with Crippen LogP contribution in [0, 0.1) is 12.7 Å². The molecule has 1 aromatic heterocycles. The number of carboxylic acid groups (broad SMARTS) is 1. The van der Waals surface area contributed by atoms with E-state index in [0.29, 0.717) is 10.9 Å². The molecule has 2 rings (SSSR count). The molecule has 5 heteroatoms. The molecule has 4 nitrogen and oxygen atoms in total. The summed E-state index contributed by atoms with van der Waals surface area (Å²) < 4.78 is 13.5. The Bertz CT molecular complexity index is 560. The molecule has 78 valence electrons. The summed E-state index contributed by atoms with van der Waals surface area (Å²) in [5, 5.41) is 9.26. The van der Waals surface area contributed by atoms with Crippen LogP contribution in [-0.4, -0.2) is 16.1 Å². The fraction of sp³-hybridized carbons (Fsp3) is 0.100. The largest absolute Gasteiger partial charge is 0.478 e. The fourth-order valence-electron chi connectivity index (χ4n) is 1.57. The zero-order valence-electron chi connectivity index (χ0n) is 7.97. The van der Waals surface area contributed by atoms with Crippen molar-refractivity contribution in [2.45, 2.75) is 6.92 Å². The van der Waals surface area contributed by atoms with E-state index in [1.165, 1.54) is 6.07 Å². The van der Waals surface area contributed by atoms with Gasteiger partial charge in [0.1, 0.15) is 0 Å². The van der Waals surface area contributed by atoms with Crippen LogP contribution in [0.15, 0.2) is 12.1 Å². The lowest BCUT2D eigenvalue weighted by Gasteiger charge is -2.02. The number of benzene rings is 1. The Morgan fingerprint density at radius 1 is 1.53 bits per heavy atom. The topological polar surface area (TPSA) is 79.1 Å². The highest BCUT2D eigenvalue weighted by atomic mass is 19.1. The molecule has 0 saturated carbocycles. The monoisotopic (exact) mass is 208 g/mol. The number of nitrogen functional groups attached to an aromatic ring is 1. The molecular weight excluding hydrogens is 199 g/mol. The predicted octanol–water partition coefficient (Wildman–Crippen LogP) is 1.90. The van der Waals surface area contributed by atoms with Crippen molar-refractivity contribution in [1.82, 2.24) is 4.98 Å². The Morgan fingerprint density at radius 2 is 2.20 bits per heavy atom. The first-order chi connectivity index (χ1) is 7.00. The van der Waals surface area contributed by atoms with Gasteiger partial charge in [0.15, 0.2) is 5.82 Å². The van der Waals surface area contributed by atoms with E-state index >= 15 is 0 Å². The predicted molar refractivity (Wildman–Crippen MR) is 54.4 cm³/mol. The van der Waals surface area contributed by atoms with Crippen LogP contribution >= 0.6 is 0 Å². The first-order valence-corrected chi connectivity index (χ1v) is 4.31. The van der Waals surface area contributed by atoms with Crippen molar-refractivity contribution in [3.8, 4) is 0 Å². The maximum absolute atomic E-state index is 13.5. The maximum atomic E-state index is 13.5. The minimum atomic E-state index is -1.33. The number of aromatic amines is 1. The highest BCUT2D eigenvalue weighted by Crippen LogP contribution is 2.27. The van der Waals surface area contributed by atoms with E-state index in [0.717, 1.165) is 5.69 Å². The van der Waals surface area contributed by atoms with Gasteiger partial charge in [0.05, 0.1) is 11.3 Å². The second-order valence-corrected chi connectivity index (χ2v) is 3.37. The molecular formula is C10H9FN2O2. The number of halogens is 1. The van der Waals surface area contributed by atoms with Crippen molar-refractivity contribution in [2.24, 2.45) is 0 Å². The number of aromatic carboxylic acids is 1. The van der Waals surface area contributed by atoms with Crippen LogP contribution < -0.4 is 5.73 Å². The van der Waals surface area contributed by atoms with Gasteiger partial charge in [-0.25, -0.2) is 9.18 Å². The molecule has 0 bridgehead atoms. The van der Waals surface area contributed by atoms with E-state index in [9.17, 15) is 9.18 Å². The van der Waals surface area contributed by atoms with E-state index in [4.69, 9.17) is 10.8 Å². The molecule has 0 amide bonds. The number of H-pyrrole nitrogens is 1. The van der Waals surface area contributed by atoms with Crippen molar-refractivity contribution < 1.29 is 14.3 Å². The molecule has 1 heterocycles. The van der Waals surface area contributed by atoms with Crippen LogP contribution in [0.2, 0.25) is 0 Å². The van der Waals surface area contributed by atoms with E-state index in [1.807, 2.05) is 0 Å². The third-order valence-electron chi connectivity index (χ3n) is 2.27. The van der Waals surface area contributed by atoms with Gasteiger partial charge >= 0.3 is 5.97 Å². The zero-order valence-corrected chi connectivity index (χ0v) is 7.97. The molecule has 0 atom stereocenters. The Balaban J connectivity index is 2.87. The number of anilines is 1. The molecule has 2 aromatic rings. The van der Waals surface area contributed by atoms with Crippen LogP contribution in [0.1, 0.15) is 16.1 Å². The quantitative estimate of drug-likeness (QED) is 0.626. The van der Waals surface area contributed by atoms with Crippen LogP contribution in [-0.2, 0) is 0 Å². The minimum absolute atomic E-state index is 0.130. The van der Waals surface area contributed by atoms with Gasteiger partial charge in [0.25, 0.3) is 0 Å². The molecule has 0 unspecified atom stereocenters. The molecule has 4 N–H and O–H groups in total. The highest BCUT2D eigenvalue weighted by Gasteiger charge is 2.17. The lowest BCUT2D eigenvalue weighted by molar-refractivity contribution is 0.0692. The molecule has 0 fully saturated rings. The molecule has 0 aliphatic carbocycles. The number of hydrogen-bond acceptors (Lipinski definition) is 2. The van der Waals surface area contributed by atoms with Crippen LogP contribution in [0.5, 0.6) is 0 Å². The fourth-order valence-corrected chi connectivity index (χ4v) is 1.57. The van der Waals surface area contributed by atoms with Crippen LogP contribution in [0.3, 0.4) is 0 Å². The molecule has 0 spiro atoms. The van der Waals surface area contributed by atoms with E-state index in [2.05, 4.69) is 4.98 Å². The normalized spacial score (nSPS) is 10.8. The molecule has 0 aliphatic heterocycles. The zero-order chi connectivity index (χ0) is 11.2. The summed E-state index contributed by atoms with van der Waals surface area (Å²) in [6, 6.07) is 2.93. The second kappa shape index (κ2) is 2.98. The minimum Gasteiger partial charge on any atom is -0.478 e. The third-order valence-corrected chi connectivity index (χ3v) is 2.27. The number of fused-ring (bicyclic) bond motifs is 1. The number of hydrogen-bond donors (Lipinski definition) is 3. The van der Waals surface area contributed by atoms with Gasteiger partial charge in [-0.3, -0.25) is 0 Å². The number of carbonyl (C=O) groups is 1. The lowest BCUT2D eigenvalue weighted by Crippen LogP contribution is -2.04. The number of aryl methyl sites for hydroxylation is 1. The Hall–Kier alpha value is -2.04. The number of nitrogens with two attached hydrogens (primary N) is 1. The van der Waals surface area contributed by atoms with Gasteiger partial charge in [0.2, 0.25) is 0 Å². The number of rotatable bonds is 1. The van der Waals surface area contributed by atoms with Gasteiger partial charge in [-0.1, -0.05) is 0 Å². The Morgan fingerprint density at radius 3 is 2.80 bits per heavy atom. The first-order valence-electron chi connectivity index (χ1n) is 4.31. The average molecular weight is 208 g/mol. The smallest absolute Gasteiger partial charge is 0.338 e. The Labute approximate surface area is 84.5 Å². The Kier molecular flexibility index (Phi) is 1.89. The van der Waals surface area contributed by atoms with Crippen molar-refractivity contribution in [3.05, 3.63) is 29.2 Å². The van der Waals surface area contributed by atoms with E-state index in [-0.39, 0.29) is 5.69 Å². The summed E-state index contributed by atoms with van der Waals surface area (Å²) in [6.07, 6.45) is 0. The summed E-state index contributed by atoms with van der Waals surface area (Å²) in [6.45, 7) is 1.79. The van der Waals surface area contributed by atoms with Gasteiger partial charge in [-0.05, 0) is 19.1 Å². The standard InChI is InChI=1S/C10H9FN2O2/c1-4-2-5-7(13-4)3-6(10(14)15)8(11)9(5)12/h2-3,13H,12H2,1H3,(H,14,15). The van der Waals surface area contributed by atoms with E-state index in [1.54, 1.807) is 13.0 Å². The van der Waals surface area contributed by atoms with Gasteiger partial charge in [0, 0.05) is 16.6 Å². The SMILES string of the molecule is Cc1cc2c(N)c(F)c(C(=O)O)cc2[nH]1. The number of aromatic nitrogens is 1. The number of carboxylic acids is 1. The van der Waals surface area contributed by atoms with Crippen molar-refractivity contribution in [3.63, 3.8) is 0 Å². The average Bonchev–Trinajstić information content (AvgIpc) is 2.52. The van der Waals surface area contributed by atoms with Crippen molar-refractivity contribution >= 4 is 22.6 Å². The molecule has 15 heavy (non-hydrogen) atoms. The second-order valence-electron chi connectivity index (χ2n) is 3.37. The molecule has 0 aliphatic rings. The van der Waals surface area contributed by atoms with Crippen molar-refractivity contribution in [1.29, 1.82) is 0 Å². The van der Waals surface area contributed by atoms with Gasteiger partial charge in [-0.15, -0.1) is 0 Å². The molecule has 0 saturated heterocycles.